The fourth-order valence-electron chi connectivity index (χ4n) is 1.59. The zero-order valence-corrected chi connectivity index (χ0v) is 9.98. The van der Waals surface area contributed by atoms with Crippen molar-refractivity contribution < 1.29 is 13.5 Å². The van der Waals surface area contributed by atoms with Crippen LogP contribution in [0.1, 0.15) is 31.6 Å². The van der Waals surface area contributed by atoms with Crippen LogP contribution in [0, 0.1) is 0 Å². The average Bonchev–Trinajstić information content (AvgIpc) is 2.72. The molecular formula is C11H19F2N3O. The average molecular weight is 247 g/mol. The van der Waals surface area contributed by atoms with Crippen LogP contribution in [0.4, 0.5) is 8.78 Å². The highest BCUT2D eigenvalue weighted by Gasteiger charge is 2.12. The Balaban J connectivity index is 2.35. The van der Waals surface area contributed by atoms with E-state index >= 15 is 0 Å². The van der Waals surface area contributed by atoms with Crippen molar-refractivity contribution in [3.63, 3.8) is 0 Å². The molecule has 17 heavy (non-hydrogen) atoms. The van der Waals surface area contributed by atoms with E-state index in [2.05, 4.69) is 11.9 Å². The summed E-state index contributed by atoms with van der Waals surface area (Å²) >= 11 is 0. The van der Waals surface area contributed by atoms with Crippen molar-refractivity contribution >= 4 is 0 Å². The minimum Gasteiger partial charge on any atom is -0.375 e. The van der Waals surface area contributed by atoms with E-state index in [0.29, 0.717) is 6.42 Å². The third kappa shape index (κ3) is 4.79. The first-order chi connectivity index (χ1) is 8.15. The summed E-state index contributed by atoms with van der Waals surface area (Å²) in [5, 5.41) is 0. The predicted octanol–water partition coefficient (Wildman–Crippen LogP) is 1.96. The van der Waals surface area contributed by atoms with Gasteiger partial charge in [0.2, 0.25) is 0 Å². The molecular weight excluding hydrogens is 228 g/mol. The van der Waals surface area contributed by atoms with Crippen LogP contribution in [0.5, 0.6) is 0 Å². The molecule has 1 unspecified atom stereocenters. The molecule has 0 aliphatic carbocycles. The summed E-state index contributed by atoms with van der Waals surface area (Å²) in [6, 6.07) is -0.269. The molecule has 1 aromatic heterocycles. The highest BCUT2D eigenvalue weighted by Crippen LogP contribution is 2.12. The minimum atomic E-state index is -2.42. The first-order valence-electron chi connectivity index (χ1n) is 5.77. The number of nitrogens with two attached hydrogens (primary N) is 1. The number of halogens is 2. The molecule has 0 saturated heterocycles. The van der Waals surface area contributed by atoms with E-state index in [0.717, 1.165) is 18.8 Å². The molecule has 98 valence electrons. The lowest BCUT2D eigenvalue weighted by Gasteiger charge is -2.13. The Morgan fingerprint density at radius 3 is 2.94 bits per heavy atom. The van der Waals surface area contributed by atoms with Crippen LogP contribution in [-0.4, -0.2) is 29.2 Å². The molecule has 0 amide bonds. The van der Waals surface area contributed by atoms with Crippen molar-refractivity contribution in [2.24, 2.45) is 5.73 Å². The number of rotatable bonds is 8. The molecule has 0 radical (unpaired) electrons. The van der Waals surface area contributed by atoms with Gasteiger partial charge in [0, 0.05) is 25.5 Å². The summed E-state index contributed by atoms with van der Waals surface area (Å²) < 4.78 is 30.4. The van der Waals surface area contributed by atoms with Gasteiger partial charge < -0.3 is 15.0 Å². The van der Waals surface area contributed by atoms with Crippen molar-refractivity contribution in [3.05, 3.63) is 18.2 Å². The fourth-order valence-corrected chi connectivity index (χ4v) is 1.59. The second kappa shape index (κ2) is 7.34. The molecule has 0 bridgehead atoms. The van der Waals surface area contributed by atoms with Gasteiger partial charge in [-0.05, 0) is 12.8 Å². The number of hydrogen-bond acceptors (Lipinski definition) is 3. The molecule has 6 heteroatoms. The van der Waals surface area contributed by atoms with Gasteiger partial charge in [-0.15, -0.1) is 0 Å². The quantitative estimate of drug-likeness (QED) is 0.714. The summed E-state index contributed by atoms with van der Waals surface area (Å²) in [6.45, 7) is 2.63. The third-order valence-corrected chi connectivity index (χ3v) is 2.36. The number of imidazole rings is 1. The summed E-state index contributed by atoms with van der Waals surface area (Å²) in [5.74, 6) is 0.785. The number of aryl methyl sites for hydroxylation is 1. The van der Waals surface area contributed by atoms with Crippen LogP contribution in [0.15, 0.2) is 12.4 Å². The normalized spacial score (nSPS) is 13.2. The second-order valence-corrected chi connectivity index (χ2v) is 3.84. The Morgan fingerprint density at radius 2 is 2.29 bits per heavy atom. The van der Waals surface area contributed by atoms with E-state index in [-0.39, 0.29) is 12.6 Å². The highest BCUT2D eigenvalue weighted by molar-refractivity contribution is 4.98. The van der Waals surface area contributed by atoms with Crippen molar-refractivity contribution in [1.82, 2.24) is 9.55 Å². The standard InChI is InChI=1S/C11H19F2N3O/c1-2-5-16-6-4-15-11(16)9(14)3-7-17-8-10(12)13/h4,6,9-10H,2-3,5,7-8,14H2,1H3. The van der Waals surface area contributed by atoms with Gasteiger partial charge in [0.15, 0.2) is 0 Å². The van der Waals surface area contributed by atoms with Crippen LogP contribution in [0.3, 0.4) is 0 Å². The molecule has 4 nitrogen and oxygen atoms in total. The number of hydrogen-bond donors (Lipinski definition) is 1. The summed E-state index contributed by atoms with van der Waals surface area (Å²) in [5.41, 5.74) is 5.94. The molecule has 0 aromatic carbocycles. The van der Waals surface area contributed by atoms with Crippen LogP contribution < -0.4 is 5.73 Å². The van der Waals surface area contributed by atoms with Crippen LogP contribution in [-0.2, 0) is 11.3 Å². The zero-order chi connectivity index (χ0) is 12.7. The largest absolute Gasteiger partial charge is 0.375 e. The monoisotopic (exact) mass is 247 g/mol. The van der Waals surface area contributed by atoms with Gasteiger partial charge in [-0.25, -0.2) is 13.8 Å². The maximum absolute atomic E-state index is 11.8. The SMILES string of the molecule is CCCn1ccnc1C(N)CCOCC(F)F. The van der Waals surface area contributed by atoms with Crippen LogP contribution in [0.2, 0.25) is 0 Å². The van der Waals surface area contributed by atoms with Gasteiger partial charge in [-0.1, -0.05) is 6.92 Å². The summed E-state index contributed by atoms with van der Waals surface area (Å²) in [7, 11) is 0. The van der Waals surface area contributed by atoms with E-state index in [1.54, 1.807) is 6.20 Å². The van der Waals surface area contributed by atoms with Gasteiger partial charge in [0.05, 0.1) is 6.04 Å². The smallest absolute Gasteiger partial charge is 0.261 e. The molecule has 0 aliphatic heterocycles. The van der Waals surface area contributed by atoms with Gasteiger partial charge in [-0.3, -0.25) is 0 Å². The summed E-state index contributed by atoms with van der Waals surface area (Å²) in [6.07, 6.45) is 2.64. The molecule has 1 heterocycles. The maximum atomic E-state index is 11.8. The van der Waals surface area contributed by atoms with Crippen molar-refractivity contribution in [2.45, 2.75) is 38.8 Å². The van der Waals surface area contributed by atoms with E-state index < -0.39 is 13.0 Å². The number of nitrogens with zero attached hydrogens (tertiary/aromatic N) is 2. The lowest BCUT2D eigenvalue weighted by molar-refractivity contribution is 0.0150. The Morgan fingerprint density at radius 1 is 1.53 bits per heavy atom. The molecule has 1 rings (SSSR count). The lowest BCUT2D eigenvalue weighted by atomic mass is 10.2. The van der Waals surface area contributed by atoms with Gasteiger partial charge in [-0.2, -0.15) is 0 Å². The topological polar surface area (TPSA) is 53.1 Å². The second-order valence-electron chi connectivity index (χ2n) is 3.84. The highest BCUT2D eigenvalue weighted by atomic mass is 19.3. The molecule has 0 fully saturated rings. The van der Waals surface area contributed by atoms with Crippen molar-refractivity contribution in [2.75, 3.05) is 13.2 Å². The van der Waals surface area contributed by atoms with E-state index in [9.17, 15) is 8.78 Å². The van der Waals surface area contributed by atoms with Gasteiger partial charge in [0.1, 0.15) is 12.4 Å². The number of alkyl halides is 2. The van der Waals surface area contributed by atoms with E-state index in [1.165, 1.54) is 0 Å². The maximum Gasteiger partial charge on any atom is 0.261 e. The molecule has 1 aromatic rings. The lowest BCUT2D eigenvalue weighted by Crippen LogP contribution is -2.19. The molecule has 1 atom stereocenters. The molecule has 0 saturated carbocycles. The molecule has 2 N–H and O–H groups in total. The van der Waals surface area contributed by atoms with E-state index in [4.69, 9.17) is 10.5 Å². The third-order valence-electron chi connectivity index (χ3n) is 2.36. The van der Waals surface area contributed by atoms with Crippen molar-refractivity contribution in [3.8, 4) is 0 Å². The predicted molar refractivity (Wildman–Crippen MR) is 60.9 cm³/mol. The van der Waals surface area contributed by atoms with Gasteiger partial charge >= 0.3 is 0 Å². The Bertz CT molecular complexity index is 317. The Kier molecular flexibility index (Phi) is 6.07. The molecule has 0 spiro atoms. The first kappa shape index (κ1) is 14.1. The van der Waals surface area contributed by atoms with Crippen LogP contribution in [0.25, 0.3) is 0 Å². The van der Waals surface area contributed by atoms with Crippen LogP contribution >= 0.6 is 0 Å². The number of aromatic nitrogens is 2. The van der Waals surface area contributed by atoms with Gasteiger partial charge in [0.25, 0.3) is 6.43 Å². The fraction of sp³-hybridized carbons (Fsp3) is 0.727. The Hall–Kier alpha value is -1.01. The number of ether oxygens (including phenoxy) is 1. The Labute approximate surface area is 99.8 Å². The minimum absolute atomic E-state index is 0.227. The first-order valence-corrected chi connectivity index (χ1v) is 5.77. The molecule has 0 aliphatic rings. The summed E-state index contributed by atoms with van der Waals surface area (Å²) in [4.78, 5) is 4.18. The van der Waals surface area contributed by atoms with E-state index in [1.807, 2.05) is 10.8 Å². The zero-order valence-electron chi connectivity index (χ0n) is 9.98. The van der Waals surface area contributed by atoms with Crippen molar-refractivity contribution in [1.29, 1.82) is 0 Å².